The van der Waals surface area contributed by atoms with Crippen molar-refractivity contribution in [2.45, 2.75) is 43.7 Å². The van der Waals surface area contributed by atoms with Crippen molar-refractivity contribution in [2.75, 3.05) is 12.9 Å². The highest BCUT2D eigenvalue weighted by atomic mass is 32.2. The van der Waals surface area contributed by atoms with Gasteiger partial charge in [-0.05, 0) is 51.5 Å². The molecule has 0 amide bonds. The van der Waals surface area contributed by atoms with E-state index in [2.05, 4.69) is 25.2 Å². The lowest BCUT2D eigenvalue weighted by molar-refractivity contribution is 0.397. The Balaban J connectivity index is 2.46. The molecule has 0 aliphatic heterocycles. The van der Waals surface area contributed by atoms with E-state index < -0.39 is 5.54 Å². The van der Waals surface area contributed by atoms with Crippen molar-refractivity contribution in [3.05, 3.63) is 24.3 Å². The van der Waals surface area contributed by atoms with Crippen LogP contribution in [0.1, 0.15) is 27.2 Å². The molecule has 0 fully saturated rings. The lowest BCUT2D eigenvalue weighted by Crippen LogP contribution is -2.45. The van der Waals surface area contributed by atoms with Crippen LogP contribution in [0, 0.1) is 11.3 Å². The predicted octanol–water partition coefficient (Wildman–Crippen LogP) is 3.46. The molecule has 0 heterocycles. The summed E-state index contributed by atoms with van der Waals surface area (Å²) in [5.41, 5.74) is -0.451. The topological polar surface area (TPSA) is 45.0 Å². The summed E-state index contributed by atoms with van der Waals surface area (Å²) in [6.45, 7) is 6.08. The Morgan fingerprint density at radius 3 is 2.47 bits per heavy atom. The maximum atomic E-state index is 9.26. The van der Waals surface area contributed by atoms with Crippen LogP contribution in [0.15, 0.2) is 29.2 Å². The summed E-state index contributed by atoms with van der Waals surface area (Å²) in [7, 11) is 1.66. The van der Waals surface area contributed by atoms with Gasteiger partial charge in [0.2, 0.25) is 0 Å². The number of benzene rings is 1. The fourth-order valence-electron chi connectivity index (χ4n) is 1.84. The Morgan fingerprint density at radius 2 is 2.00 bits per heavy atom. The minimum atomic E-state index is -0.451. The number of thioether (sulfide) groups is 1. The highest BCUT2D eigenvalue weighted by molar-refractivity contribution is 7.99. The monoisotopic (exact) mass is 278 g/mol. The molecule has 0 spiro atoms. The zero-order valence-corrected chi connectivity index (χ0v) is 12.9. The number of ether oxygens (including phenoxy) is 1. The Kier molecular flexibility index (Phi) is 6.20. The molecule has 0 aliphatic rings. The smallest absolute Gasteiger partial charge is 0.118 e. The highest BCUT2D eigenvalue weighted by Crippen LogP contribution is 2.24. The van der Waals surface area contributed by atoms with Crippen LogP contribution in [0.5, 0.6) is 5.75 Å². The van der Waals surface area contributed by atoms with E-state index in [1.165, 1.54) is 4.90 Å². The normalized spacial score (nSPS) is 13.9. The zero-order chi connectivity index (χ0) is 14.3. The molecule has 1 unspecified atom stereocenters. The van der Waals surface area contributed by atoms with Gasteiger partial charge in [-0.15, -0.1) is 11.8 Å². The van der Waals surface area contributed by atoms with Crippen molar-refractivity contribution in [1.29, 1.82) is 5.26 Å². The van der Waals surface area contributed by atoms with Gasteiger partial charge in [0.25, 0.3) is 0 Å². The first-order valence-electron chi connectivity index (χ1n) is 6.45. The van der Waals surface area contributed by atoms with Gasteiger partial charge in [-0.1, -0.05) is 0 Å². The first kappa shape index (κ1) is 15.9. The van der Waals surface area contributed by atoms with Crippen LogP contribution in [-0.4, -0.2) is 24.4 Å². The number of methoxy groups -OCH3 is 1. The number of nitrogens with one attached hydrogen (secondary N) is 1. The fraction of sp³-hybridized carbons (Fsp3) is 0.533. The first-order valence-corrected chi connectivity index (χ1v) is 7.43. The molecular formula is C15H22N2OS. The lowest BCUT2D eigenvalue weighted by Gasteiger charge is -2.25. The summed E-state index contributed by atoms with van der Waals surface area (Å²) < 4.78 is 5.13. The lowest BCUT2D eigenvalue weighted by atomic mass is 10.0. The SMILES string of the molecule is COc1ccc(SCCC(C)(C#N)NC(C)C)cc1. The van der Waals surface area contributed by atoms with Crippen LogP contribution < -0.4 is 10.1 Å². The molecule has 0 saturated carbocycles. The molecule has 0 aliphatic carbocycles. The quantitative estimate of drug-likeness (QED) is 0.776. The van der Waals surface area contributed by atoms with Gasteiger partial charge >= 0.3 is 0 Å². The summed E-state index contributed by atoms with van der Waals surface area (Å²) in [5.74, 6) is 1.78. The van der Waals surface area contributed by atoms with Crippen molar-refractivity contribution < 1.29 is 4.74 Å². The number of hydrogen-bond acceptors (Lipinski definition) is 4. The minimum Gasteiger partial charge on any atom is -0.497 e. The van der Waals surface area contributed by atoms with Crippen molar-refractivity contribution in [2.24, 2.45) is 0 Å². The van der Waals surface area contributed by atoms with Crippen LogP contribution in [0.2, 0.25) is 0 Å². The summed E-state index contributed by atoms with van der Waals surface area (Å²) >= 11 is 1.76. The van der Waals surface area contributed by atoms with E-state index in [1.807, 2.05) is 31.2 Å². The average molecular weight is 278 g/mol. The van der Waals surface area contributed by atoms with E-state index in [1.54, 1.807) is 18.9 Å². The van der Waals surface area contributed by atoms with Gasteiger partial charge in [0.15, 0.2) is 0 Å². The van der Waals surface area contributed by atoms with E-state index in [0.29, 0.717) is 6.04 Å². The van der Waals surface area contributed by atoms with Gasteiger partial charge in [0.05, 0.1) is 13.2 Å². The third-order valence-corrected chi connectivity index (χ3v) is 3.80. The van der Waals surface area contributed by atoms with Gasteiger partial charge in [0, 0.05) is 16.7 Å². The Hall–Kier alpha value is -1.18. The van der Waals surface area contributed by atoms with Gasteiger partial charge in [-0.25, -0.2) is 0 Å². The minimum absolute atomic E-state index is 0.315. The van der Waals surface area contributed by atoms with Gasteiger partial charge < -0.3 is 4.74 Å². The molecule has 19 heavy (non-hydrogen) atoms. The molecule has 1 aromatic carbocycles. The van der Waals surface area contributed by atoms with Crippen molar-refractivity contribution >= 4 is 11.8 Å². The second-order valence-electron chi connectivity index (χ2n) is 5.02. The van der Waals surface area contributed by atoms with Gasteiger partial charge in [-0.2, -0.15) is 5.26 Å². The fourth-order valence-corrected chi connectivity index (χ4v) is 2.92. The Bertz CT molecular complexity index is 425. The molecule has 1 N–H and O–H groups in total. The number of rotatable bonds is 7. The molecule has 0 saturated heterocycles. The highest BCUT2D eigenvalue weighted by Gasteiger charge is 2.23. The van der Waals surface area contributed by atoms with E-state index in [-0.39, 0.29) is 0 Å². The van der Waals surface area contributed by atoms with E-state index in [9.17, 15) is 5.26 Å². The summed E-state index contributed by atoms with van der Waals surface area (Å²) in [6.07, 6.45) is 0.818. The second-order valence-corrected chi connectivity index (χ2v) is 6.19. The second kappa shape index (κ2) is 7.42. The largest absolute Gasteiger partial charge is 0.497 e. The molecule has 3 nitrogen and oxygen atoms in total. The van der Waals surface area contributed by atoms with Crippen molar-refractivity contribution in [3.63, 3.8) is 0 Å². The standard InChI is InChI=1S/C15H22N2OS/c1-12(2)17-15(3,11-16)9-10-19-14-7-5-13(18-4)6-8-14/h5-8,12,17H,9-10H2,1-4H3. The van der Waals surface area contributed by atoms with Crippen LogP contribution in [0.3, 0.4) is 0 Å². The van der Waals surface area contributed by atoms with Crippen LogP contribution in [0.25, 0.3) is 0 Å². The van der Waals surface area contributed by atoms with Crippen LogP contribution in [-0.2, 0) is 0 Å². The van der Waals surface area contributed by atoms with Crippen LogP contribution in [0.4, 0.5) is 0 Å². The summed E-state index contributed by atoms with van der Waals surface area (Å²) in [4.78, 5) is 1.20. The maximum absolute atomic E-state index is 9.26. The molecule has 0 radical (unpaired) electrons. The average Bonchev–Trinajstić information content (AvgIpc) is 2.38. The number of nitrogens with zero attached hydrogens (tertiary/aromatic N) is 1. The predicted molar refractivity (Wildman–Crippen MR) is 80.6 cm³/mol. The van der Waals surface area contributed by atoms with Crippen molar-refractivity contribution in [1.82, 2.24) is 5.32 Å². The van der Waals surface area contributed by atoms with E-state index in [0.717, 1.165) is 17.9 Å². The van der Waals surface area contributed by atoms with E-state index >= 15 is 0 Å². The third-order valence-electron chi connectivity index (χ3n) is 2.78. The summed E-state index contributed by atoms with van der Waals surface area (Å²) in [5, 5.41) is 12.6. The molecule has 4 heteroatoms. The molecule has 0 aromatic heterocycles. The zero-order valence-electron chi connectivity index (χ0n) is 12.1. The van der Waals surface area contributed by atoms with Gasteiger partial charge in [0.1, 0.15) is 11.3 Å². The molecule has 0 bridgehead atoms. The molecule has 1 atom stereocenters. The van der Waals surface area contributed by atoms with Crippen LogP contribution >= 0.6 is 11.8 Å². The Labute approximate surface area is 120 Å². The molecular weight excluding hydrogens is 256 g/mol. The maximum Gasteiger partial charge on any atom is 0.118 e. The van der Waals surface area contributed by atoms with Crippen molar-refractivity contribution in [3.8, 4) is 11.8 Å². The number of nitriles is 1. The number of hydrogen-bond donors (Lipinski definition) is 1. The third kappa shape index (κ3) is 5.54. The first-order chi connectivity index (χ1) is 8.99. The van der Waals surface area contributed by atoms with E-state index in [4.69, 9.17) is 4.74 Å². The van der Waals surface area contributed by atoms with Gasteiger partial charge in [-0.3, -0.25) is 5.32 Å². The Morgan fingerprint density at radius 1 is 1.37 bits per heavy atom. The molecule has 104 valence electrons. The summed E-state index contributed by atoms with van der Waals surface area (Å²) in [6, 6.07) is 10.7. The molecule has 1 aromatic rings. The molecule has 1 rings (SSSR count).